The Morgan fingerprint density at radius 3 is 2.39 bits per heavy atom. The van der Waals surface area contributed by atoms with E-state index in [2.05, 4.69) is 0 Å². The Morgan fingerprint density at radius 2 is 1.75 bits per heavy atom. The van der Waals surface area contributed by atoms with E-state index in [-0.39, 0.29) is 34.8 Å². The molecule has 9 heteroatoms. The van der Waals surface area contributed by atoms with Crippen molar-refractivity contribution in [2.24, 2.45) is 0 Å². The molecule has 0 fully saturated rings. The van der Waals surface area contributed by atoms with Crippen molar-refractivity contribution < 1.29 is 44.9 Å². The van der Waals surface area contributed by atoms with E-state index in [1.165, 1.54) is 50.3 Å². The van der Waals surface area contributed by atoms with Gasteiger partial charge in [-0.2, -0.15) is 0 Å². The molecule has 0 aliphatic carbocycles. The van der Waals surface area contributed by atoms with Crippen molar-refractivity contribution in [1.82, 2.24) is 0 Å². The third-order valence-electron chi connectivity index (χ3n) is 6.42. The molecule has 2 aliphatic rings. The predicted molar refractivity (Wildman–Crippen MR) is 130 cm³/mol. The minimum atomic E-state index is -1.38. The molecule has 0 aromatic heterocycles. The normalized spacial score (nSPS) is 19.9. The highest BCUT2D eigenvalue weighted by molar-refractivity contribution is 6.21. The van der Waals surface area contributed by atoms with Gasteiger partial charge in [-0.05, 0) is 68.7 Å². The van der Waals surface area contributed by atoms with Gasteiger partial charge < -0.3 is 40.1 Å². The van der Waals surface area contributed by atoms with Crippen LogP contribution in [0.15, 0.2) is 41.9 Å². The van der Waals surface area contributed by atoms with Crippen LogP contribution in [-0.4, -0.2) is 60.0 Å². The van der Waals surface area contributed by atoms with E-state index in [0.717, 1.165) is 0 Å². The van der Waals surface area contributed by atoms with E-state index >= 15 is 0 Å². The van der Waals surface area contributed by atoms with Gasteiger partial charge in [-0.1, -0.05) is 6.07 Å². The lowest BCUT2D eigenvalue weighted by Gasteiger charge is -2.24. The number of hydrogen-bond acceptors (Lipinski definition) is 9. The van der Waals surface area contributed by atoms with Crippen LogP contribution in [0, 0.1) is 0 Å². The van der Waals surface area contributed by atoms with Gasteiger partial charge in [-0.3, -0.25) is 0 Å². The lowest BCUT2D eigenvalue weighted by molar-refractivity contribution is -0.131. The number of hydrogen-bond donors (Lipinski definition) is 6. The summed E-state index contributed by atoms with van der Waals surface area (Å²) >= 11 is 0. The minimum Gasteiger partial charge on any atom is -0.508 e. The number of aliphatic hydroxyl groups excluding tert-OH is 2. The molecule has 9 nitrogen and oxygen atoms in total. The number of rotatable bonds is 6. The second-order valence-electron chi connectivity index (χ2n) is 10.3. The molecule has 0 radical (unpaired) electrons. The molecule has 0 spiro atoms. The summed E-state index contributed by atoms with van der Waals surface area (Å²) in [5, 5.41) is 62.0. The third-order valence-corrected chi connectivity index (χ3v) is 6.42. The first kappa shape index (κ1) is 25.6. The fourth-order valence-electron chi connectivity index (χ4n) is 4.09. The van der Waals surface area contributed by atoms with Crippen LogP contribution in [0.2, 0.25) is 0 Å². The highest BCUT2D eigenvalue weighted by atomic mass is 16.6. The Morgan fingerprint density at radius 1 is 1.06 bits per heavy atom. The van der Waals surface area contributed by atoms with E-state index in [1.54, 1.807) is 13.8 Å². The average Bonchev–Trinajstić information content (AvgIpc) is 3.29. The molecule has 0 saturated carbocycles. The minimum absolute atomic E-state index is 0.0318. The van der Waals surface area contributed by atoms with Crippen LogP contribution in [0.1, 0.15) is 49.9 Å². The van der Waals surface area contributed by atoms with Gasteiger partial charge in [0.25, 0.3) is 0 Å². The number of phenols is 2. The summed E-state index contributed by atoms with van der Waals surface area (Å²) in [7, 11) is 0. The van der Waals surface area contributed by atoms with Crippen molar-refractivity contribution in [3.8, 4) is 17.2 Å². The van der Waals surface area contributed by atoms with E-state index in [9.17, 15) is 35.4 Å². The molecule has 0 saturated heterocycles. The van der Waals surface area contributed by atoms with E-state index < -0.39 is 35.1 Å². The van der Waals surface area contributed by atoms with Crippen molar-refractivity contribution >= 4 is 17.6 Å². The monoisotopic (exact) mass is 498 g/mol. The highest BCUT2D eigenvalue weighted by Gasteiger charge is 2.38. The molecule has 2 aliphatic heterocycles. The molecule has 0 amide bonds. The Bertz CT molecular complexity index is 1280. The van der Waals surface area contributed by atoms with Gasteiger partial charge >= 0.3 is 5.97 Å². The average molecular weight is 499 g/mol. The summed E-state index contributed by atoms with van der Waals surface area (Å²) in [5.41, 5.74) is -1.18. The molecule has 2 aromatic carbocycles. The summed E-state index contributed by atoms with van der Waals surface area (Å²) in [6.07, 6.45) is 0.0329. The van der Waals surface area contributed by atoms with Crippen LogP contribution < -0.4 is 4.74 Å². The van der Waals surface area contributed by atoms with Crippen LogP contribution in [0.3, 0.4) is 0 Å². The van der Waals surface area contributed by atoms with Crippen molar-refractivity contribution in [3.05, 3.63) is 64.1 Å². The summed E-state index contributed by atoms with van der Waals surface area (Å²) in [5.74, 6) is -1.48. The number of benzene rings is 2. The molecule has 2 unspecified atom stereocenters. The number of aromatic hydroxyl groups is 2. The van der Waals surface area contributed by atoms with Gasteiger partial charge in [0.15, 0.2) is 11.5 Å². The van der Waals surface area contributed by atoms with Crippen molar-refractivity contribution in [1.29, 1.82) is 0 Å². The summed E-state index contributed by atoms with van der Waals surface area (Å²) in [6.45, 7) is 6.14. The molecule has 36 heavy (non-hydrogen) atoms. The zero-order valence-electron chi connectivity index (χ0n) is 20.4. The molecular weight excluding hydrogens is 468 g/mol. The molecular formula is C27H30O9. The van der Waals surface area contributed by atoms with Crippen molar-refractivity contribution in [2.75, 3.05) is 0 Å². The van der Waals surface area contributed by atoms with E-state index in [4.69, 9.17) is 9.47 Å². The lowest BCUT2D eigenvalue weighted by atomic mass is 9.94. The first-order chi connectivity index (χ1) is 16.6. The summed E-state index contributed by atoms with van der Waals surface area (Å²) < 4.78 is 11.0. The molecule has 0 bridgehead atoms. The first-order valence-corrected chi connectivity index (χ1v) is 11.5. The zero-order chi connectivity index (χ0) is 26.6. The maximum Gasteiger partial charge on any atom is 0.348 e. The molecule has 2 aromatic rings. The SMILES string of the molecule is CC(C)(O)C(O)Cc1cc(/C=C2\OC(=O)C(c3cc4c(cc3O)OC(C(C)(C)O)C4)=C2O)ccc1O. The maximum atomic E-state index is 12.7. The zero-order valence-corrected chi connectivity index (χ0v) is 20.4. The number of carbonyl (C=O) groups excluding carboxylic acids is 1. The number of fused-ring (bicyclic) bond motifs is 1. The van der Waals surface area contributed by atoms with Gasteiger partial charge in [0, 0.05) is 24.5 Å². The standard InChI is InChI=1S/C27H30O9/c1-26(2,33)21(30)10-14-7-13(5-6-17(14)28)8-20-24(31)23(25(32)36-20)16-9-15-11-22(27(3,4)34)35-19(15)12-18(16)29/h5-9,12,21-22,28-31,33-34H,10-11H2,1-4H3/b20-8-. The Balaban J connectivity index is 1.67. The second kappa shape index (κ2) is 8.85. The second-order valence-corrected chi connectivity index (χ2v) is 10.3. The van der Waals surface area contributed by atoms with Gasteiger partial charge in [-0.15, -0.1) is 0 Å². The van der Waals surface area contributed by atoms with Crippen LogP contribution in [0.4, 0.5) is 0 Å². The fraction of sp³-hybridized carbons (Fsp3) is 0.370. The van der Waals surface area contributed by atoms with Gasteiger partial charge in [-0.25, -0.2) is 4.79 Å². The summed E-state index contributed by atoms with van der Waals surface area (Å²) in [4.78, 5) is 12.7. The summed E-state index contributed by atoms with van der Waals surface area (Å²) in [6, 6.07) is 7.33. The number of phenolic OH excluding ortho intramolecular Hbond substituents is 2. The quantitative estimate of drug-likeness (QED) is 0.330. The van der Waals surface area contributed by atoms with Crippen LogP contribution in [-0.2, 0) is 22.4 Å². The molecule has 4 rings (SSSR count). The van der Waals surface area contributed by atoms with E-state index in [0.29, 0.717) is 28.9 Å². The van der Waals surface area contributed by atoms with Gasteiger partial charge in [0.05, 0.1) is 17.3 Å². The predicted octanol–water partition coefficient (Wildman–Crippen LogP) is 2.71. The smallest absolute Gasteiger partial charge is 0.348 e. The highest BCUT2D eigenvalue weighted by Crippen LogP contribution is 2.43. The van der Waals surface area contributed by atoms with E-state index in [1.807, 2.05) is 0 Å². The number of ether oxygens (including phenoxy) is 2. The first-order valence-electron chi connectivity index (χ1n) is 11.5. The largest absolute Gasteiger partial charge is 0.508 e. The third kappa shape index (κ3) is 4.90. The number of carbonyl (C=O) groups is 1. The fourth-order valence-corrected chi connectivity index (χ4v) is 4.09. The molecule has 2 heterocycles. The molecule has 6 N–H and O–H groups in total. The van der Waals surface area contributed by atoms with Gasteiger partial charge in [0.2, 0.25) is 0 Å². The van der Waals surface area contributed by atoms with Crippen molar-refractivity contribution in [2.45, 2.75) is 63.9 Å². The number of esters is 1. The van der Waals surface area contributed by atoms with Gasteiger partial charge in [0.1, 0.15) is 28.9 Å². The maximum absolute atomic E-state index is 12.7. The Hall–Kier alpha value is -3.53. The Labute approximate surface area is 208 Å². The van der Waals surface area contributed by atoms with Crippen LogP contribution in [0.25, 0.3) is 11.6 Å². The van der Waals surface area contributed by atoms with Crippen LogP contribution >= 0.6 is 0 Å². The number of aliphatic hydroxyl groups is 4. The Kier molecular flexibility index (Phi) is 6.28. The van der Waals surface area contributed by atoms with Crippen molar-refractivity contribution in [3.63, 3.8) is 0 Å². The number of cyclic esters (lactones) is 1. The van der Waals surface area contributed by atoms with Crippen LogP contribution in [0.5, 0.6) is 17.2 Å². The topological polar surface area (TPSA) is 157 Å². The molecule has 192 valence electrons. The lowest BCUT2D eigenvalue weighted by Crippen LogP contribution is -2.39. The molecule has 2 atom stereocenters.